The molecule has 2 unspecified atom stereocenters. The summed E-state index contributed by atoms with van der Waals surface area (Å²) in [5.74, 6) is 0.290. The summed E-state index contributed by atoms with van der Waals surface area (Å²) in [6, 6.07) is 0.159. The van der Waals surface area contributed by atoms with Gasteiger partial charge in [0, 0.05) is 25.2 Å². The number of nitrogens with one attached hydrogen (secondary N) is 1. The summed E-state index contributed by atoms with van der Waals surface area (Å²) in [5, 5.41) is 3.24. The predicted octanol–water partition coefficient (Wildman–Crippen LogP) is 0.798. The lowest BCUT2D eigenvalue weighted by molar-refractivity contribution is 0.220. The van der Waals surface area contributed by atoms with E-state index in [0.717, 1.165) is 25.9 Å². The van der Waals surface area contributed by atoms with Crippen LogP contribution >= 0.6 is 0 Å². The van der Waals surface area contributed by atoms with Crippen molar-refractivity contribution in [2.24, 2.45) is 0 Å². The van der Waals surface area contributed by atoms with E-state index in [1.165, 1.54) is 0 Å². The third kappa shape index (κ3) is 3.16. The minimum absolute atomic E-state index is 0.0793. The van der Waals surface area contributed by atoms with Crippen LogP contribution in [0.2, 0.25) is 0 Å². The van der Waals surface area contributed by atoms with Gasteiger partial charge in [-0.1, -0.05) is 13.3 Å². The molecule has 4 nitrogen and oxygen atoms in total. The monoisotopic (exact) mass is 234 g/mol. The zero-order chi connectivity index (χ0) is 11.5. The summed E-state index contributed by atoms with van der Waals surface area (Å²) in [6.07, 6.45) is 1.68. The molecular formula is C10H22N2O2S. The Balaban J connectivity index is 2.74. The molecule has 15 heavy (non-hydrogen) atoms. The molecule has 1 fully saturated rings. The van der Waals surface area contributed by atoms with Crippen molar-refractivity contribution in [1.82, 2.24) is 9.62 Å². The van der Waals surface area contributed by atoms with Crippen molar-refractivity contribution < 1.29 is 8.42 Å². The average molecular weight is 234 g/mol. The number of hydrogen-bond acceptors (Lipinski definition) is 3. The average Bonchev–Trinajstić information content (AvgIpc) is 2.14. The van der Waals surface area contributed by atoms with E-state index in [9.17, 15) is 8.42 Å². The van der Waals surface area contributed by atoms with Crippen LogP contribution in [0.1, 0.15) is 33.6 Å². The second-order valence-electron chi connectivity index (χ2n) is 4.36. The molecule has 1 saturated heterocycles. The van der Waals surface area contributed by atoms with Crippen molar-refractivity contribution in [3.63, 3.8) is 0 Å². The van der Waals surface area contributed by atoms with Gasteiger partial charge in [-0.15, -0.1) is 0 Å². The highest BCUT2D eigenvalue weighted by Crippen LogP contribution is 2.16. The lowest BCUT2D eigenvalue weighted by Gasteiger charge is -2.38. The highest BCUT2D eigenvalue weighted by Gasteiger charge is 2.33. The predicted molar refractivity (Wildman–Crippen MR) is 62.3 cm³/mol. The maximum atomic E-state index is 12.1. The third-order valence-electron chi connectivity index (χ3n) is 2.83. The quantitative estimate of drug-likeness (QED) is 0.783. The SMILES string of the molecule is CCCCS(=O)(=O)N1C(C)CNCC1C. The van der Waals surface area contributed by atoms with Crippen LogP contribution in [0, 0.1) is 0 Å². The summed E-state index contributed by atoms with van der Waals surface area (Å²) in [7, 11) is -3.05. The second-order valence-corrected chi connectivity index (χ2v) is 6.35. The molecule has 1 N–H and O–H groups in total. The molecule has 1 rings (SSSR count). The van der Waals surface area contributed by atoms with E-state index < -0.39 is 10.0 Å². The molecule has 0 amide bonds. The number of unbranched alkanes of at least 4 members (excludes halogenated alkanes) is 1. The Morgan fingerprint density at radius 2 is 1.80 bits per heavy atom. The zero-order valence-electron chi connectivity index (χ0n) is 9.86. The van der Waals surface area contributed by atoms with Gasteiger partial charge >= 0.3 is 0 Å². The van der Waals surface area contributed by atoms with E-state index >= 15 is 0 Å². The third-order valence-corrected chi connectivity index (χ3v) is 4.99. The molecule has 0 aliphatic carbocycles. The fraction of sp³-hybridized carbons (Fsp3) is 1.00. The molecule has 0 aromatic heterocycles. The molecule has 0 aromatic carbocycles. The highest BCUT2D eigenvalue weighted by molar-refractivity contribution is 7.89. The molecule has 1 aliphatic rings. The van der Waals surface area contributed by atoms with Crippen LogP contribution in [0.3, 0.4) is 0 Å². The van der Waals surface area contributed by atoms with Crippen LogP contribution in [-0.4, -0.2) is 43.6 Å². The van der Waals surface area contributed by atoms with Gasteiger partial charge in [0.25, 0.3) is 0 Å². The maximum absolute atomic E-state index is 12.1. The fourth-order valence-electron chi connectivity index (χ4n) is 2.10. The molecular weight excluding hydrogens is 212 g/mol. The number of sulfonamides is 1. The molecule has 0 bridgehead atoms. The zero-order valence-corrected chi connectivity index (χ0v) is 10.7. The fourth-order valence-corrected chi connectivity index (χ4v) is 4.21. The molecule has 1 heterocycles. The van der Waals surface area contributed by atoms with Crippen LogP contribution in [0.4, 0.5) is 0 Å². The summed E-state index contributed by atoms with van der Waals surface area (Å²) >= 11 is 0. The van der Waals surface area contributed by atoms with E-state index in [1.54, 1.807) is 4.31 Å². The van der Waals surface area contributed by atoms with Crippen molar-refractivity contribution >= 4 is 10.0 Å². The topological polar surface area (TPSA) is 49.4 Å². The molecule has 1 aliphatic heterocycles. The van der Waals surface area contributed by atoms with Crippen LogP contribution in [0.25, 0.3) is 0 Å². The van der Waals surface area contributed by atoms with Crippen LogP contribution in [-0.2, 0) is 10.0 Å². The molecule has 5 heteroatoms. The van der Waals surface area contributed by atoms with Gasteiger partial charge in [-0.3, -0.25) is 0 Å². The Kier molecular flexibility index (Phi) is 4.55. The Labute approximate surface area is 93.1 Å². The van der Waals surface area contributed by atoms with Crippen molar-refractivity contribution in [1.29, 1.82) is 0 Å². The second kappa shape index (κ2) is 5.27. The van der Waals surface area contributed by atoms with Gasteiger partial charge in [0.05, 0.1) is 5.75 Å². The lowest BCUT2D eigenvalue weighted by atomic mass is 10.2. The van der Waals surface area contributed by atoms with Crippen molar-refractivity contribution in [2.75, 3.05) is 18.8 Å². The Hall–Kier alpha value is -0.130. The van der Waals surface area contributed by atoms with Crippen LogP contribution < -0.4 is 5.32 Å². The largest absolute Gasteiger partial charge is 0.314 e. The Morgan fingerprint density at radius 3 is 2.27 bits per heavy atom. The summed E-state index contributed by atoms with van der Waals surface area (Å²) in [4.78, 5) is 0. The van der Waals surface area contributed by atoms with E-state index in [4.69, 9.17) is 0 Å². The normalized spacial score (nSPS) is 29.3. The van der Waals surface area contributed by atoms with Gasteiger partial charge in [0.2, 0.25) is 10.0 Å². The standard InChI is InChI=1S/C10H22N2O2S/c1-4-5-6-15(13,14)12-9(2)7-11-8-10(12)3/h9-11H,4-8H2,1-3H3. The highest BCUT2D eigenvalue weighted by atomic mass is 32.2. The first kappa shape index (κ1) is 12.9. The summed E-state index contributed by atoms with van der Waals surface area (Å²) in [5.41, 5.74) is 0. The van der Waals surface area contributed by atoms with E-state index in [0.29, 0.717) is 0 Å². The van der Waals surface area contributed by atoms with Crippen molar-refractivity contribution in [3.05, 3.63) is 0 Å². The first-order valence-corrected chi connectivity index (χ1v) is 7.32. The van der Waals surface area contributed by atoms with Gasteiger partial charge in [0.1, 0.15) is 0 Å². The van der Waals surface area contributed by atoms with E-state index in [2.05, 4.69) is 5.32 Å². The molecule has 0 radical (unpaired) electrons. The van der Waals surface area contributed by atoms with Crippen molar-refractivity contribution in [3.8, 4) is 0 Å². The molecule has 0 spiro atoms. The first-order valence-electron chi connectivity index (χ1n) is 5.71. The number of piperazine rings is 1. The van der Waals surface area contributed by atoms with Gasteiger partial charge in [-0.2, -0.15) is 4.31 Å². The smallest absolute Gasteiger partial charge is 0.214 e. The molecule has 2 atom stereocenters. The minimum Gasteiger partial charge on any atom is -0.314 e. The van der Waals surface area contributed by atoms with E-state index in [1.807, 2.05) is 20.8 Å². The number of rotatable bonds is 4. The molecule has 0 aromatic rings. The van der Waals surface area contributed by atoms with Gasteiger partial charge in [-0.25, -0.2) is 8.42 Å². The maximum Gasteiger partial charge on any atom is 0.214 e. The van der Waals surface area contributed by atoms with E-state index in [-0.39, 0.29) is 17.8 Å². The molecule has 90 valence electrons. The Bertz CT molecular complexity index is 280. The van der Waals surface area contributed by atoms with Crippen LogP contribution in [0.5, 0.6) is 0 Å². The Morgan fingerprint density at radius 1 is 1.27 bits per heavy atom. The summed E-state index contributed by atoms with van der Waals surface area (Å²) in [6.45, 7) is 7.46. The molecule has 0 saturated carbocycles. The summed E-state index contributed by atoms with van der Waals surface area (Å²) < 4.78 is 25.8. The number of hydrogen-bond donors (Lipinski definition) is 1. The van der Waals surface area contributed by atoms with Gasteiger partial charge < -0.3 is 5.32 Å². The van der Waals surface area contributed by atoms with Gasteiger partial charge in [-0.05, 0) is 20.3 Å². The number of nitrogens with zero attached hydrogens (tertiary/aromatic N) is 1. The van der Waals surface area contributed by atoms with Crippen molar-refractivity contribution in [2.45, 2.75) is 45.7 Å². The van der Waals surface area contributed by atoms with Crippen LogP contribution in [0.15, 0.2) is 0 Å². The minimum atomic E-state index is -3.05. The van der Waals surface area contributed by atoms with Gasteiger partial charge in [0.15, 0.2) is 0 Å². The first-order chi connectivity index (χ1) is 6.99. The lowest BCUT2D eigenvalue weighted by Crippen LogP contribution is -2.57.